The summed E-state index contributed by atoms with van der Waals surface area (Å²) in [6, 6.07) is 7.94. The van der Waals surface area contributed by atoms with Crippen molar-refractivity contribution in [2.45, 2.75) is 19.8 Å². The molecule has 1 aromatic carbocycles. The first-order valence-corrected chi connectivity index (χ1v) is 8.38. The number of piperidine rings is 1. The fourth-order valence-corrected chi connectivity index (χ4v) is 2.81. The molecule has 6 heteroatoms. The summed E-state index contributed by atoms with van der Waals surface area (Å²) in [6.07, 6.45) is 2.45. The van der Waals surface area contributed by atoms with Crippen LogP contribution in [0.4, 0.5) is 11.4 Å². The van der Waals surface area contributed by atoms with Crippen LogP contribution >= 0.6 is 0 Å². The van der Waals surface area contributed by atoms with Crippen molar-refractivity contribution in [2.75, 3.05) is 50.6 Å². The lowest BCUT2D eigenvalue weighted by Gasteiger charge is -2.32. The molecule has 1 N–H and O–H groups in total. The number of carbonyl (C=O) groups is 2. The summed E-state index contributed by atoms with van der Waals surface area (Å²) >= 11 is 0. The second-order valence-electron chi connectivity index (χ2n) is 6.51. The lowest BCUT2D eigenvalue weighted by atomic mass is 9.99. The van der Waals surface area contributed by atoms with Crippen LogP contribution in [-0.2, 0) is 14.3 Å². The van der Waals surface area contributed by atoms with Crippen molar-refractivity contribution < 1.29 is 14.3 Å². The Balaban J connectivity index is 1.82. The number of rotatable bonds is 6. The lowest BCUT2D eigenvalue weighted by molar-refractivity contribution is -0.141. The Kier molecular flexibility index (Phi) is 6.61. The number of esters is 1. The highest BCUT2D eigenvalue weighted by Gasteiger charge is 2.16. The van der Waals surface area contributed by atoms with Gasteiger partial charge in [-0.15, -0.1) is 0 Å². The van der Waals surface area contributed by atoms with Crippen LogP contribution in [0, 0.1) is 5.92 Å². The molecule has 1 aliphatic rings. The van der Waals surface area contributed by atoms with Crippen molar-refractivity contribution in [3.63, 3.8) is 0 Å². The van der Waals surface area contributed by atoms with Gasteiger partial charge in [-0.3, -0.25) is 14.5 Å². The van der Waals surface area contributed by atoms with E-state index in [0.717, 1.165) is 24.7 Å². The van der Waals surface area contributed by atoms with Crippen molar-refractivity contribution >= 4 is 23.3 Å². The highest BCUT2D eigenvalue weighted by Crippen LogP contribution is 2.24. The second-order valence-corrected chi connectivity index (χ2v) is 6.51. The number of methoxy groups -OCH3 is 1. The summed E-state index contributed by atoms with van der Waals surface area (Å²) in [5.41, 5.74) is 1.96. The van der Waals surface area contributed by atoms with Crippen LogP contribution in [0.25, 0.3) is 0 Å². The summed E-state index contributed by atoms with van der Waals surface area (Å²) in [5, 5.41) is 2.85. The van der Waals surface area contributed by atoms with Crippen molar-refractivity contribution in [1.29, 1.82) is 0 Å². The zero-order valence-corrected chi connectivity index (χ0v) is 14.7. The summed E-state index contributed by atoms with van der Waals surface area (Å²) in [7, 11) is 3.04. The largest absolute Gasteiger partial charge is 0.468 e. The van der Waals surface area contributed by atoms with E-state index in [0.29, 0.717) is 0 Å². The number of anilines is 2. The predicted molar refractivity (Wildman–Crippen MR) is 95.2 cm³/mol. The summed E-state index contributed by atoms with van der Waals surface area (Å²) < 4.78 is 4.58. The van der Waals surface area contributed by atoms with Gasteiger partial charge >= 0.3 is 5.97 Å². The number of ether oxygens (including phenoxy) is 1. The Bertz CT molecular complexity index is 551. The van der Waals surface area contributed by atoms with Crippen LogP contribution < -0.4 is 10.2 Å². The monoisotopic (exact) mass is 333 g/mol. The maximum absolute atomic E-state index is 12.0. The van der Waals surface area contributed by atoms with Gasteiger partial charge in [0.25, 0.3) is 0 Å². The maximum Gasteiger partial charge on any atom is 0.319 e. The van der Waals surface area contributed by atoms with Crippen molar-refractivity contribution in [3.05, 3.63) is 24.3 Å². The Morgan fingerprint density at radius 1 is 1.21 bits per heavy atom. The highest BCUT2D eigenvalue weighted by molar-refractivity contribution is 5.92. The van der Waals surface area contributed by atoms with Crippen LogP contribution in [-0.4, -0.2) is 57.1 Å². The molecule has 1 saturated heterocycles. The van der Waals surface area contributed by atoms with E-state index in [1.54, 1.807) is 11.9 Å². The first-order chi connectivity index (χ1) is 11.5. The molecule has 0 bridgehead atoms. The smallest absolute Gasteiger partial charge is 0.319 e. The molecule has 0 aliphatic carbocycles. The van der Waals surface area contributed by atoms with Crippen molar-refractivity contribution in [1.82, 2.24) is 4.90 Å². The molecule has 0 spiro atoms. The third-order valence-electron chi connectivity index (χ3n) is 4.34. The van der Waals surface area contributed by atoms with Gasteiger partial charge in [-0.25, -0.2) is 0 Å². The second kappa shape index (κ2) is 8.68. The summed E-state index contributed by atoms with van der Waals surface area (Å²) in [6.45, 7) is 4.71. The van der Waals surface area contributed by atoms with Crippen LogP contribution in [0.15, 0.2) is 24.3 Å². The fraction of sp³-hybridized carbons (Fsp3) is 0.556. The normalized spacial score (nSPS) is 15.4. The SMILES string of the molecule is COC(=O)CN(C)CC(=O)Nc1ccc(N2CCC(C)CC2)cc1. The number of benzene rings is 1. The first-order valence-electron chi connectivity index (χ1n) is 8.38. The molecule has 6 nitrogen and oxygen atoms in total. The van der Waals surface area contributed by atoms with Gasteiger partial charge in [-0.1, -0.05) is 6.92 Å². The Labute approximate surface area is 143 Å². The van der Waals surface area contributed by atoms with Gasteiger partial charge in [0.15, 0.2) is 0 Å². The number of amides is 1. The zero-order chi connectivity index (χ0) is 17.5. The topological polar surface area (TPSA) is 61.9 Å². The molecule has 0 unspecified atom stereocenters. The van der Waals surface area contributed by atoms with Crippen LogP contribution in [0.3, 0.4) is 0 Å². The molecule has 132 valence electrons. The van der Waals surface area contributed by atoms with Gasteiger partial charge in [-0.05, 0) is 50.1 Å². The molecule has 1 aromatic rings. The third-order valence-corrected chi connectivity index (χ3v) is 4.34. The fourth-order valence-electron chi connectivity index (χ4n) is 2.81. The lowest BCUT2D eigenvalue weighted by Crippen LogP contribution is -2.34. The van der Waals surface area contributed by atoms with E-state index in [-0.39, 0.29) is 25.0 Å². The molecule has 0 aromatic heterocycles. The molecule has 0 radical (unpaired) electrons. The average molecular weight is 333 g/mol. The first kappa shape index (κ1) is 18.3. The molecule has 1 fully saturated rings. The van der Waals surface area contributed by atoms with Crippen LogP contribution in [0.2, 0.25) is 0 Å². The van der Waals surface area contributed by atoms with E-state index in [9.17, 15) is 9.59 Å². The summed E-state index contributed by atoms with van der Waals surface area (Å²) in [5.74, 6) is 0.299. The standard InChI is InChI=1S/C18H27N3O3/c1-14-8-10-21(11-9-14)16-6-4-15(5-7-16)19-17(22)12-20(2)13-18(23)24-3/h4-7,14H,8-13H2,1-3H3,(H,19,22). The van der Waals surface area contributed by atoms with Gasteiger partial charge in [0, 0.05) is 24.5 Å². The molecule has 0 saturated carbocycles. The van der Waals surface area contributed by atoms with E-state index in [4.69, 9.17) is 0 Å². The van der Waals surface area contributed by atoms with E-state index in [1.165, 1.54) is 25.6 Å². The van der Waals surface area contributed by atoms with E-state index in [1.807, 2.05) is 24.3 Å². The molecule has 1 aliphatic heterocycles. The third kappa shape index (κ3) is 5.53. The van der Waals surface area contributed by atoms with Gasteiger partial charge in [0.05, 0.1) is 20.2 Å². The Hall–Kier alpha value is -2.08. The number of carbonyl (C=O) groups excluding carboxylic acids is 2. The molecule has 1 heterocycles. The minimum Gasteiger partial charge on any atom is -0.468 e. The molecule has 2 rings (SSSR count). The van der Waals surface area contributed by atoms with Gasteiger partial charge in [-0.2, -0.15) is 0 Å². The Morgan fingerprint density at radius 2 is 1.83 bits per heavy atom. The minimum absolute atomic E-state index is 0.0935. The highest BCUT2D eigenvalue weighted by atomic mass is 16.5. The van der Waals surface area contributed by atoms with E-state index >= 15 is 0 Å². The van der Waals surface area contributed by atoms with Gasteiger partial charge in [0.1, 0.15) is 0 Å². The molecular formula is C18H27N3O3. The molecule has 24 heavy (non-hydrogen) atoms. The number of likely N-dealkylation sites (N-methyl/N-ethyl adjacent to an activating group) is 1. The Morgan fingerprint density at radius 3 is 2.42 bits per heavy atom. The van der Waals surface area contributed by atoms with Crippen LogP contribution in [0.1, 0.15) is 19.8 Å². The van der Waals surface area contributed by atoms with Crippen molar-refractivity contribution in [3.8, 4) is 0 Å². The predicted octanol–water partition coefficient (Wildman–Crippen LogP) is 1.97. The van der Waals surface area contributed by atoms with Gasteiger partial charge in [0.2, 0.25) is 5.91 Å². The van der Waals surface area contributed by atoms with E-state index < -0.39 is 0 Å². The van der Waals surface area contributed by atoms with Gasteiger partial charge < -0.3 is 15.0 Å². The maximum atomic E-state index is 12.0. The molecule has 0 atom stereocenters. The van der Waals surface area contributed by atoms with Crippen molar-refractivity contribution in [2.24, 2.45) is 5.92 Å². The summed E-state index contributed by atoms with van der Waals surface area (Å²) in [4.78, 5) is 27.2. The number of nitrogens with zero attached hydrogens (tertiary/aromatic N) is 2. The minimum atomic E-state index is -0.356. The zero-order valence-electron chi connectivity index (χ0n) is 14.7. The number of nitrogens with one attached hydrogen (secondary N) is 1. The number of hydrogen-bond acceptors (Lipinski definition) is 5. The van der Waals surface area contributed by atoms with E-state index in [2.05, 4.69) is 21.9 Å². The molecular weight excluding hydrogens is 306 g/mol. The van der Waals surface area contributed by atoms with Crippen LogP contribution in [0.5, 0.6) is 0 Å². The quantitative estimate of drug-likeness (QED) is 0.807. The average Bonchev–Trinajstić information content (AvgIpc) is 2.56. The number of hydrogen-bond donors (Lipinski definition) is 1. The molecule has 1 amide bonds.